The van der Waals surface area contributed by atoms with Crippen molar-refractivity contribution in [2.75, 3.05) is 5.73 Å². The van der Waals surface area contributed by atoms with Gasteiger partial charge in [0, 0.05) is 69.2 Å². The van der Waals surface area contributed by atoms with Gasteiger partial charge in [-0.2, -0.15) is 5.10 Å². The SMILES string of the molecule is Nc1ncc(-c2cnn([C@H]3CC4CCC45N[C@H]5C3)c2)c2cc(-c3csc4cnccc34)oc12. The van der Waals surface area contributed by atoms with Crippen LogP contribution in [0, 0.1) is 5.92 Å². The Kier molecular flexibility index (Phi) is 3.43. The molecule has 8 heteroatoms. The summed E-state index contributed by atoms with van der Waals surface area (Å²) in [6, 6.07) is 5.25. The number of pyridine rings is 2. The summed E-state index contributed by atoms with van der Waals surface area (Å²) in [6.07, 6.45) is 14.8. The molecule has 5 aromatic heterocycles. The molecule has 164 valence electrons. The normalized spacial score (nSPS) is 27.9. The fraction of sp³-hybridized carbons (Fsp3) is 0.320. The Morgan fingerprint density at radius 2 is 2.15 bits per heavy atom. The Morgan fingerprint density at radius 3 is 3.03 bits per heavy atom. The predicted molar refractivity (Wildman–Crippen MR) is 129 cm³/mol. The average molecular weight is 455 g/mol. The molecular formula is C25H22N6OS. The van der Waals surface area contributed by atoms with Gasteiger partial charge in [0.15, 0.2) is 11.4 Å². The van der Waals surface area contributed by atoms with Gasteiger partial charge >= 0.3 is 0 Å². The van der Waals surface area contributed by atoms with Gasteiger partial charge in [-0.1, -0.05) is 0 Å². The number of anilines is 1. The molecule has 8 rings (SSSR count). The standard InChI is InChI=1S/C25H22N6OS/c26-24-23-17(7-20(32-23)19-12-33-21-10-27-4-2-16(19)21)18(9-28-24)13-8-29-31(11-13)15-5-14-1-3-25(14)22(6-15)30-25/h2,4,7-12,14-15,22,30H,1,3,5-6H2,(H2,26,28)/t14?,15-,22-,25?/m0/s1. The highest BCUT2D eigenvalue weighted by atomic mass is 32.1. The van der Waals surface area contributed by atoms with Crippen LogP contribution in [-0.4, -0.2) is 31.3 Å². The maximum absolute atomic E-state index is 6.25. The van der Waals surface area contributed by atoms with Crippen LogP contribution in [0.1, 0.15) is 31.7 Å². The molecule has 7 nitrogen and oxygen atoms in total. The van der Waals surface area contributed by atoms with Gasteiger partial charge in [0.05, 0.1) is 16.9 Å². The molecule has 0 aromatic carbocycles. The zero-order chi connectivity index (χ0) is 21.7. The number of thiophene rings is 1. The van der Waals surface area contributed by atoms with Crippen molar-refractivity contribution < 1.29 is 4.42 Å². The highest BCUT2D eigenvalue weighted by molar-refractivity contribution is 7.17. The fourth-order valence-electron chi connectivity index (χ4n) is 6.26. The zero-order valence-electron chi connectivity index (χ0n) is 17.9. The summed E-state index contributed by atoms with van der Waals surface area (Å²) in [6.45, 7) is 0. The highest BCUT2D eigenvalue weighted by Crippen LogP contribution is 2.59. The molecular weight excluding hydrogens is 432 g/mol. The maximum atomic E-state index is 6.25. The van der Waals surface area contributed by atoms with Gasteiger partial charge < -0.3 is 15.5 Å². The molecule has 0 bridgehead atoms. The van der Waals surface area contributed by atoms with Crippen molar-refractivity contribution in [3.63, 3.8) is 0 Å². The molecule has 3 fully saturated rings. The van der Waals surface area contributed by atoms with E-state index in [0.717, 1.165) is 43.8 Å². The number of nitrogens with two attached hydrogens (primary N) is 1. The number of fused-ring (bicyclic) bond motifs is 2. The summed E-state index contributed by atoms with van der Waals surface area (Å²) >= 11 is 1.66. The van der Waals surface area contributed by atoms with E-state index in [1.54, 1.807) is 11.3 Å². The van der Waals surface area contributed by atoms with E-state index in [4.69, 9.17) is 15.2 Å². The number of hydrogen-bond acceptors (Lipinski definition) is 7. The van der Waals surface area contributed by atoms with Gasteiger partial charge in [-0.25, -0.2) is 4.98 Å². The van der Waals surface area contributed by atoms with E-state index < -0.39 is 0 Å². The van der Waals surface area contributed by atoms with E-state index in [-0.39, 0.29) is 0 Å². The molecule has 1 saturated heterocycles. The predicted octanol–water partition coefficient (Wildman–Crippen LogP) is 5.01. The van der Waals surface area contributed by atoms with E-state index in [1.807, 2.05) is 30.9 Å². The van der Waals surface area contributed by atoms with Crippen LogP contribution in [0.25, 0.3) is 43.5 Å². The summed E-state index contributed by atoms with van der Waals surface area (Å²) < 4.78 is 9.55. The van der Waals surface area contributed by atoms with Gasteiger partial charge in [-0.3, -0.25) is 9.67 Å². The second-order valence-electron chi connectivity index (χ2n) is 9.74. The van der Waals surface area contributed by atoms with Crippen molar-refractivity contribution in [3.05, 3.63) is 48.5 Å². The Bertz CT molecular complexity index is 1570. The number of nitrogens with one attached hydrogen (secondary N) is 1. The van der Waals surface area contributed by atoms with Crippen molar-refractivity contribution in [1.29, 1.82) is 0 Å². The minimum Gasteiger partial charge on any atom is -0.452 e. The number of rotatable bonds is 3. The summed E-state index contributed by atoms with van der Waals surface area (Å²) in [5, 5.41) is 12.7. The molecule has 2 unspecified atom stereocenters. The Hall–Kier alpha value is -3.23. The van der Waals surface area contributed by atoms with Crippen LogP contribution in [0.15, 0.2) is 52.9 Å². The molecule has 0 amide bonds. The molecule has 2 saturated carbocycles. The van der Waals surface area contributed by atoms with Crippen molar-refractivity contribution in [2.45, 2.75) is 43.3 Å². The molecule has 33 heavy (non-hydrogen) atoms. The van der Waals surface area contributed by atoms with E-state index in [0.29, 0.717) is 29.0 Å². The molecule has 5 aromatic rings. The van der Waals surface area contributed by atoms with E-state index in [2.05, 4.69) is 37.6 Å². The molecule has 6 heterocycles. The number of hydrogen-bond donors (Lipinski definition) is 2. The summed E-state index contributed by atoms with van der Waals surface area (Å²) in [4.78, 5) is 8.67. The van der Waals surface area contributed by atoms with Crippen LogP contribution >= 0.6 is 11.3 Å². The number of aromatic nitrogens is 4. The second kappa shape index (κ2) is 6.21. The van der Waals surface area contributed by atoms with Crippen LogP contribution in [0.5, 0.6) is 0 Å². The molecule has 4 atom stereocenters. The molecule has 0 radical (unpaired) electrons. The lowest BCUT2D eigenvalue weighted by Crippen LogP contribution is -2.44. The first kappa shape index (κ1) is 18.2. The summed E-state index contributed by atoms with van der Waals surface area (Å²) in [5.41, 5.74) is 10.4. The van der Waals surface area contributed by atoms with Crippen LogP contribution in [0.4, 0.5) is 5.82 Å². The number of furan rings is 1. The van der Waals surface area contributed by atoms with Crippen LogP contribution in [0.2, 0.25) is 0 Å². The van der Waals surface area contributed by atoms with E-state index in [1.165, 1.54) is 25.7 Å². The third-order valence-electron chi connectivity index (χ3n) is 8.20. The Balaban J connectivity index is 1.19. The van der Waals surface area contributed by atoms with Crippen molar-refractivity contribution >= 4 is 38.2 Å². The van der Waals surface area contributed by atoms with Gasteiger partial charge in [0.1, 0.15) is 5.76 Å². The second-order valence-corrected chi connectivity index (χ2v) is 10.7. The maximum Gasteiger partial charge on any atom is 0.177 e. The first-order valence-electron chi connectivity index (χ1n) is 11.5. The third kappa shape index (κ3) is 2.45. The zero-order valence-corrected chi connectivity index (χ0v) is 18.7. The largest absolute Gasteiger partial charge is 0.452 e. The smallest absolute Gasteiger partial charge is 0.177 e. The van der Waals surface area contributed by atoms with E-state index in [9.17, 15) is 0 Å². The molecule has 3 N–H and O–H groups in total. The van der Waals surface area contributed by atoms with Gasteiger partial charge in [0.2, 0.25) is 0 Å². The molecule has 1 aliphatic heterocycles. The highest BCUT2D eigenvalue weighted by Gasteiger charge is 2.66. The first-order valence-corrected chi connectivity index (χ1v) is 12.4. The Morgan fingerprint density at radius 1 is 1.18 bits per heavy atom. The van der Waals surface area contributed by atoms with Crippen LogP contribution in [0.3, 0.4) is 0 Å². The minimum absolute atomic E-state index is 0.405. The lowest BCUT2D eigenvalue weighted by Gasteiger charge is -2.42. The van der Waals surface area contributed by atoms with Crippen molar-refractivity contribution in [1.82, 2.24) is 25.1 Å². The van der Waals surface area contributed by atoms with Crippen molar-refractivity contribution in [2.24, 2.45) is 5.92 Å². The van der Waals surface area contributed by atoms with Gasteiger partial charge in [-0.15, -0.1) is 11.3 Å². The summed E-state index contributed by atoms with van der Waals surface area (Å²) in [5.74, 6) is 2.01. The number of nitrogens with zero attached hydrogens (tertiary/aromatic N) is 4. The lowest BCUT2D eigenvalue weighted by molar-refractivity contribution is 0.133. The molecule has 1 spiro atoms. The quantitative estimate of drug-likeness (QED) is 0.372. The van der Waals surface area contributed by atoms with Crippen molar-refractivity contribution in [3.8, 4) is 22.5 Å². The summed E-state index contributed by atoms with van der Waals surface area (Å²) in [7, 11) is 0. The molecule has 2 aliphatic carbocycles. The lowest BCUT2D eigenvalue weighted by atomic mass is 9.63. The van der Waals surface area contributed by atoms with Crippen LogP contribution in [-0.2, 0) is 0 Å². The average Bonchev–Trinajstić information content (AvgIpc) is 3.19. The first-order chi connectivity index (χ1) is 16.2. The van der Waals surface area contributed by atoms with Gasteiger partial charge in [0.25, 0.3) is 0 Å². The monoisotopic (exact) mass is 454 g/mol. The topological polar surface area (TPSA) is 105 Å². The Labute approximate surface area is 193 Å². The molecule has 3 aliphatic rings. The third-order valence-corrected chi connectivity index (χ3v) is 9.13. The number of nitrogen functional groups attached to an aromatic ring is 1. The van der Waals surface area contributed by atoms with Crippen LogP contribution < -0.4 is 11.1 Å². The minimum atomic E-state index is 0.405. The van der Waals surface area contributed by atoms with Gasteiger partial charge in [-0.05, 0) is 43.7 Å². The van der Waals surface area contributed by atoms with E-state index >= 15 is 0 Å². The fourth-order valence-corrected chi connectivity index (χ4v) is 7.17.